The fourth-order valence-corrected chi connectivity index (χ4v) is 3.70. The van der Waals surface area contributed by atoms with Crippen LogP contribution in [-0.2, 0) is 4.79 Å². The summed E-state index contributed by atoms with van der Waals surface area (Å²) in [5.41, 5.74) is 4.02. The number of carbonyl (C=O) groups excluding carboxylic acids is 2. The Kier molecular flexibility index (Phi) is 6.62. The molecule has 1 aliphatic heterocycles. The average molecular weight is 431 g/mol. The van der Waals surface area contributed by atoms with E-state index in [1.54, 1.807) is 17.8 Å². The van der Waals surface area contributed by atoms with E-state index in [9.17, 15) is 9.59 Å². The summed E-state index contributed by atoms with van der Waals surface area (Å²) in [5, 5.41) is 11.9. The number of likely N-dealkylation sites (tertiary alicyclic amines) is 1. The Bertz CT molecular complexity index is 1070. The summed E-state index contributed by atoms with van der Waals surface area (Å²) in [6.45, 7) is 1.37. The summed E-state index contributed by atoms with van der Waals surface area (Å²) >= 11 is 0. The van der Waals surface area contributed by atoms with Crippen LogP contribution in [0.2, 0.25) is 0 Å². The second-order valence-electron chi connectivity index (χ2n) is 7.63. The van der Waals surface area contributed by atoms with E-state index in [0.717, 1.165) is 29.9 Å². The maximum absolute atomic E-state index is 12.9. The largest absolute Gasteiger partial charge is 0.367 e. The van der Waals surface area contributed by atoms with Crippen LogP contribution in [0.4, 0.5) is 5.82 Å². The predicted molar refractivity (Wildman–Crippen MR) is 122 cm³/mol. The van der Waals surface area contributed by atoms with Crippen molar-refractivity contribution in [2.75, 3.05) is 18.4 Å². The number of nitrogens with one attached hydrogen (secondary N) is 2. The molecule has 1 aromatic carbocycles. The van der Waals surface area contributed by atoms with Crippen LogP contribution in [0.1, 0.15) is 28.8 Å². The minimum atomic E-state index is -0.592. The molecule has 164 valence electrons. The normalized spacial score (nSPS) is 14.5. The van der Waals surface area contributed by atoms with Crippen molar-refractivity contribution < 1.29 is 14.8 Å². The van der Waals surface area contributed by atoms with Crippen molar-refractivity contribution in [2.45, 2.75) is 18.9 Å². The van der Waals surface area contributed by atoms with E-state index in [-0.39, 0.29) is 11.9 Å². The number of aromatic nitrogens is 2. The van der Waals surface area contributed by atoms with Gasteiger partial charge in [-0.1, -0.05) is 0 Å². The summed E-state index contributed by atoms with van der Waals surface area (Å²) in [6, 6.07) is 15.5. The van der Waals surface area contributed by atoms with Crippen molar-refractivity contribution in [3.05, 3.63) is 84.3 Å². The van der Waals surface area contributed by atoms with Crippen LogP contribution in [0.5, 0.6) is 0 Å². The molecule has 3 aromatic rings. The van der Waals surface area contributed by atoms with E-state index in [0.29, 0.717) is 18.7 Å². The van der Waals surface area contributed by atoms with Crippen LogP contribution in [0, 0.1) is 0 Å². The summed E-state index contributed by atoms with van der Waals surface area (Å²) in [6.07, 6.45) is 10.1. The average Bonchev–Trinajstić information content (AvgIpc) is 3.39. The Balaban J connectivity index is 1.28. The first-order valence-corrected chi connectivity index (χ1v) is 10.5. The molecule has 1 aliphatic rings. The standard InChI is InChI=1S/C24H25N5O3/c30-23(27-32)10-4-18-3-9-22(25-17-18)26-20-11-15-29(16-12-20)24(31)19-5-7-21(8-6-19)28-13-1-2-14-28/h1-10,13-14,17,20,32H,11-12,15-16H2,(H,25,26)(H,27,30)/b10-4+. The molecule has 3 N–H and O–H groups in total. The van der Waals surface area contributed by atoms with Crippen molar-refractivity contribution in [3.8, 4) is 5.69 Å². The number of anilines is 1. The highest BCUT2D eigenvalue weighted by molar-refractivity contribution is 5.94. The van der Waals surface area contributed by atoms with Gasteiger partial charge in [0, 0.05) is 55.0 Å². The van der Waals surface area contributed by atoms with Gasteiger partial charge >= 0.3 is 0 Å². The van der Waals surface area contributed by atoms with Gasteiger partial charge in [0.15, 0.2) is 0 Å². The lowest BCUT2D eigenvalue weighted by atomic mass is 10.0. The maximum Gasteiger partial charge on any atom is 0.267 e. The van der Waals surface area contributed by atoms with E-state index in [4.69, 9.17) is 5.21 Å². The Morgan fingerprint density at radius 3 is 2.38 bits per heavy atom. The van der Waals surface area contributed by atoms with Gasteiger partial charge in [0.05, 0.1) is 0 Å². The number of piperidine rings is 1. The highest BCUT2D eigenvalue weighted by Gasteiger charge is 2.23. The van der Waals surface area contributed by atoms with Gasteiger partial charge in [-0.25, -0.2) is 10.5 Å². The minimum absolute atomic E-state index is 0.0590. The molecule has 0 spiro atoms. The van der Waals surface area contributed by atoms with Gasteiger partial charge < -0.3 is 14.8 Å². The molecular weight excluding hydrogens is 406 g/mol. The van der Waals surface area contributed by atoms with E-state index >= 15 is 0 Å². The molecule has 0 unspecified atom stereocenters. The van der Waals surface area contributed by atoms with Gasteiger partial charge in [-0.05, 0) is 73.0 Å². The molecule has 3 heterocycles. The Labute approximate surface area is 186 Å². The van der Waals surface area contributed by atoms with Crippen LogP contribution in [-0.4, -0.2) is 50.6 Å². The van der Waals surface area contributed by atoms with Crippen LogP contribution in [0.15, 0.2) is 73.2 Å². The fraction of sp³-hybridized carbons (Fsp3) is 0.208. The van der Waals surface area contributed by atoms with Crippen LogP contribution in [0.25, 0.3) is 11.8 Å². The second kappa shape index (κ2) is 9.93. The number of hydroxylamine groups is 1. The zero-order valence-electron chi connectivity index (χ0n) is 17.5. The third-order valence-electron chi connectivity index (χ3n) is 5.47. The van der Waals surface area contributed by atoms with E-state index in [2.05, 4.69) is 10.3 Å². The number of nitrogens with zero attached hydrogens (tertiary/aromatic N) is 3. The monoisotopic (exact) mass is 431 g/mol. The minimum Gasteiger partial charge on any atom is -0.367 e. The number of hydrogen-bond donors (Lipinski definition) is 3. The summed E-state index contributed by atoms with van der Waals surface area (Å²) < 4.78 is 2.01. The van der Waals surface area contributed by atoms with Crippen molar-refractivity contribution in [1.29, 1.82) is 0 Å². The third-order valence-corrected chi connectivity index (χ3v) is 5.47. The first-order valence-electron chi connectivity index (χ1n) is 10.5. The number of rotatable bonds is 6. The zero-order valence-corrected chi connectivity index (χ0v) is 17.5. The van der Waals surface area contributed by atoms with Gasteiger partial charge in [0.25, 0.3) is 11.8 Å². The first-order chi connectivity index (χ1) is 15.6. The molecule has 32 heavy (non-hydrogen) atoms. The number of hydrogen-bond acceptors (Lipinski definition) is 5. The van der Waals surface area contributed by atoms with Crippen molar-refractivity contribution in [2.24, 2.45) is 0 Å². The van der Waals surface area contributed by atoms with Crippen LogP contribution < -0.4 is 10.8 Å². The van der Waals surface area contributed by atoms with Crippen molar-refractivity contribution in [3.63, 3.8) is 0 Å². The summed E-state index contributed by atoms with van der Waals surface area (Å²) in [7, 11) is 0. The Hall–Kier alpha value is -3.91. The number of carbonyl (C=O) groups is 2. The van der Waals surface area contributed by atoms with Gasteiger partial charge in [-0.2, -0.15) is 0 Å². The molecule has 8 nitrogen and oxygen atoms in total. The molecule has 2 aromatic heterocycles. The summed E-state index contributed by atoms with van der Waals surface area (Å²) in [5.74, 6) is 0.216. The van der Waals surface area contributed by atoms with E-state index in [1.807, 2.05) is 70.4 Å². The van der Waals surface area contributed by atoms with Crippen LogP contribution in [0.3, 0.4) is 0 Å². The molecule has 0 aliphatic carbocycles. The zero-order chi connectivity index (χ0) is 22.3. The number of benzene rings is 1. The second-order valence-corrected chi connectivity index (χ2v) is 7.63. The van der Waals surface area contributed by atoms with Gasteiger partial charge in [0.1, 0.15) is 5.82 Å². The topological polar surface area (TPSA) is 99.5 Å². The Morgan fingerprint density at radius 2 is 1.75 bits per heavy atom. The van der Waals surface area contributed by atoms with Crippen LogP contribution >= 0.6 is 0 Å². The number of pyridine rings is 1. The molecule has 4 rings (SSSR count). The first kappa shape index (κ1) is 21.3. The van der Waals surface area contributed by atoms with Gasteiger partial charge in [-0.3, -0.25) is 14.8 Å². The van der Waals surface area contributed by atoms with Gasteiger partial charge in [0.2, 0.25) is 0 Å². The summed E-state index contributed by atoms with van der Waals surface area (Å²) in [4.78, 5) is 30.2. The van der Waals surface area contributed by atoms with Gasteiger partial charge in [-0.15, -0.1) is 0 Å². The number of amides is 2. The molecule has 0 bridgehead atoms. The smallest absolute Gasteiger partial charge is 0.267 e. The van der Waals surface area contributed by atoms with E-state index < -0.39 is 5.91 Å². The fourth-order valence-electron chi connectivity index (χ4n) is 3.70. The molecule has 1 saturated heterocycles. The molecule has 0 radical (unpaired) electrons. The SMILES string of the molecule is O=C(/C=C/c1ccc(NC2CCN(C(=O)c3ccc(-n4cccc4)cc3)CC2)nc1)NO. The molecule has 1 fully saturated rings. The molecular formula is C24H25N5O3. The highest BCUT2D eigenvalue weighted by Crippen LogP contribution is 2.19. The Morgan fingerprint density at radius 1 is 1.03 bits per heavy atom. The van der Waals surface area contributed by atoms with Crippen molar-refractivity contribution in [1.82, 2.24) is 19.9 Å². The molecule has 8 heteroatoms. The lowest BCUT2D eigenvalue weighted by molar-refractivity contribution is -0.124. The lowest BCUT2D eigenvalue weighted by Crippen LogP contribution is -2.42. The molecule has 2 amide bonds. The lowest BCUT2D eigenvalue weighted by Gasteiger charge is -2.32. The third kappa shape index (κ3) is 5.22. The molecule has 0 saturated carbocycles. The van der Waals surface area contributed by atoms with E-state index in [1.165, 1.54) is 6.08 Å². The molecule has 0 atom stereocenters. The highest BCUT2D eigenvalue weighted by atomic mass is 16.5. The quantitative estimate of drug-likeness (QED) is 0.316. The predicted octanol–water partition coefficient (Wildman–Crippen LogP) is 3.11. The van der Waals surface area contributed by atoms with Crippen molar-refractivity contribution >= 4 is 23.7 Å². The maximum atomic E-state index is 12.9.